The Morgan fingerprint density at radius 1 is 0.789 bits per heavy atom. The molecule has 0 aromatic rings. The molecular weight excluding hydrogens is 248 g/mol. The van der Waals surface area contributed by atoms with Crippen molar-refractivity contribution in [2.45, 2.75) is 67.6 Å². The van der Waals surface area contributed by atoms with Crippen molar-refractivity contribution in [1.29, 1.82) is 0 Å². The van der Waals surface area contributed by atoms with E-state index in [1.54, 1.807) is 11.1 Å². The average Bonchev–Trinajstić information content (AvgIpc) is 2.54. The Bertz CT molecular complexity index is 392. The molecule has 0 heterocycles. The molecule has 0 amide bonds. The largest absolute Gasteiger partial charge is 0.547 e. The lowest BCUT2D eigenvalue weighted by molar-refractivity contribution is 0.399. The molecule has 0 aromatic carbocycles. The lowest BCUT2D eigenvalue weighted by Gasteiger charge is -2.24. The van der Waals surface area contributed by atoms with Crippen LogP contribution < -0.4 is 0 Å². The van der Waals surface area contributed by atoms with E-state index in [1.807, 2.05) is 0 Å². The summed E-state index contributed by atoms with van der Waals surface area (Å²) in [5, 5.41) is 0. The maximum atomic E-state index is 6.41. The van der Waals surface area contributed by atoms with Crippen LogP contribution in [0.2, 0.25) is 19.6 Å². The number of rotatable bonds is 5. The highest BCUT2D eigenvalue weighted by Crippen LogP contribution is 2.44. The molecule has 2 heteroatoms. The van der Waals surface area contributed by atoms with Crippen LogP contribution >= 0.6 is 0 Å². The van der Waals surface area contributed by atoms with Gasteiger partial charge in [0, 0.05) is 6.42 Å². The van der Waals surface area contributed by atoms with Crippen LogP contribution in [0.15, 0.2) is 22.5 Å². The highest BCUT2D eigenvalue weighted by Gasteiger charge is 2.32. The number of hydrogen-bond acceptors (Lipinski definition) is 1. The molecule has 0 unspecified atom stereocenters. The monoisotopic (exact) mass is 280 g/mol. The van der Waals surface area contributed by atoms with Gasteiger partial charge in [-0.05, 0) is 48.5 Å². The van der Waals surface area contributed by atoms with Gasteiger partial charge >= 0.3 is 0 Å². The molecule has 0 N–H and O–H groups in total. The van der Waals surface area contributed by atoms with Gasteiger partial charge in [0.25, 0.3) is 0 Å². The first kappa shape index (κ1) is 16.6. The van der Waals surface area contributed by atoms with E-state index >= 15 is 0 Å². The summed E-state index contributed by atoms with van der Waals surface area (Å²) in [5.74, 6) is 3.05. The van der Waals surface area contributed by atoms with E-state index in [9.17, 15) is 0 Å². The number of allylic oxidation sites excluding steroid dienone is 3. The molecule has 0 radical (unpaired) electrons. The lowest BCUT2D eigenvalue weighted by Crippen LogP contribution is -2.25. The minimum Gasteiger partial charge on any atom is -0.547 e. The van der Waals surface area contributed by atoms with Gasteiger partial charge in [-0.2, -0.15) is 0 Å². The fourth-order valence-electron chi connectivity index (χ4n) is 2.98. The topological polar surface area (TPSA) is 9.23 Å². The molecule has 0 saturated carbocycles. The predicted molar refractivity (Wildman–Crippen MR) is 87.6 cm³/mol. The fraction of sp³-hybridized carbons (Fsp3) is 0.765. The molecule has 0 atom stereocenters. The van der Waals surface area contributed by atoms with E-state index in [4.69, 9.17) is 4.43 Å². The molecular formula is C17H32OSi. The van der Waals surface area contributed by atoms with Gasteiger partial charge in [-0.1, -0.05) is 47.1 Å². The molecule has 1 aliphatic rings. The van der Waals surface area contributed by atoms with Gasteiger partial charge in [0.15, 0.2) is 0 Å². The molecule has 0 bridgehead atoms. The molecule has 0 aliphatic heterocycles. The van der Waals surface area contributed by atoms with E-state index in [1.165, 1.54) is 11.3 Å². The number of hydrogen-bond donors (Lipinski definition) is 0. The van der Waals surface area contributed by atoms with Crippen LogP contribution in [0, 0.1) is 17.8 Å². The molecule has 110 valence electrons. The molecule has 0 spiro atoms. The Balaban J connectivity index is 3.25. The zero-order chi connectivity index (χ0) is 15.0. The smallest absolute Gasteiger partial charge is 0.241 e. The van der Waals surface area contributed by atoms with Crippen LogP contribution in [0.5, 0.6) is 0 Å². The SMILES string of the molecule is CC(C)C1=C(C(C)C)C(C(C)C)=C(O[Si](C)(C)C)C1. The quantitative estimate of drug-likeness (QED) is 0.582. The summed E-state index contributed by atoms with van der Waals surface area (Å²) < 4.78 is 6.41. The maximum absolute atomic E-state index is 6.41. The second-order valence-electron chi connectivity index (χ2n) is 7.63. The van der Waals surface area contributed by atoms with E-state index in [0.717, 1.165) is 6.42 Å². The molecule has 0 aromatic heterocycles. The summed E-state index contributed by atoms with van der Waals surface area (Å²) in [7, 11) is -1.52. The molecule has 0 saturated heterocycles. The van der Waals surface area contributed by atoms with Crippen molar-refractivity contribution >= 4 is 8.32 Å². The van der Waals surface area contributed by atoms with Crippen LogP contribution in [0.25, 0.3) is 0 Å². The maximum Gasteiger partial charge on any atom is 0.241 e. The average molecular weight is 281 g/mol. The van der Waals surface area contributed by atoms with Crippen LogP contribution in [0.4, 0.5) is 0 Å². The normalized spacial score (nSPS) is 17.5. The third kappa shape index (κ3) is 3.98. The van der Waals surface area contributed by atoms with E-state index in [-0.39, 0.29) is 0 Å². The lowest BCUT2D eigenvalue weighted by atomic mass is 9.86. The molecule has 1 aliphatic carbocycles. The Hall–Kier alpha value is -0.503. The first-order valence-corrected chi connectivity index (χ1v) is 11.1. The van der Waals surface area contributed by atoms with Crippen LogP contribution in [-0.4, -0.2) is 8.32 Å². The second-order valence-corrected chi connectivity index (χ2v) is 12.1. The van der Waals surface area contributed by atoms with Crippen LogP contribution in [0.1, 0.15) is 48.0 Å². The van der Waals surface area contributed by atoms with E-state index < -0.39 is 8.32 Å². The van der Waals surface area contributed by atoms with Gasteiger partial charge in [0.2, 0.25) is 8.32 Å². The van der Waals surface area contributed by atoms with Crippen molar-refractivity contribution < 1.29 is 4.43 Å². The first-order chi connectivity index (χ1) is 8.54. The van der Waals surface area contributed by atoms with Gasteiger partial charge in [0.1, 0.15) is 0 Å². The van der Waals surface area contributed by atoms with Crippen LogP contribution in [-0.2, 0) is 4.43 Å². The Kier molecular flexibility index (Phi) is 5.11. The van der Waals surface area contributed by atoms with E-state index in [0.29, 0.717) is 17.8 Å². The Morgan fingerprint density at radius 3 is 1.58 bits per heavy atom. The minimum absolute atomic E-state index is 0.556. The molecule has 19 heavy (non-hydrogen) atoms. The fourth-order valence-corrected chi connectivity index (χ4v) is 3.90. The van der Waals surface area contributed by atoms with Crippen molar-refractivity contribution in [3.63, 3.8) is 0 Å². The minimum atomic E-state index is -1.52. The van der Waals surface area contributed by atoms with Gasteiger partial charge in [-0.3, -0.25) is 0 Å². The van der Waals surface area contributed by atoms with Gasteiger partial charge in [-0.25, -0.2) is 0 Å². The summed E-state index contributed by atoms with van der Waals surface area (Å²) in [4.78, 5) is 0. The van der Waals surface area contributed by atoms with Crippen molar-refractivity contribution in [3.05, 3.63) is 22.5 Å². The third-order valence-corrected chi connectivity index (χ3v) is 4.43. The van der Waals surface area contributed by atoms with E-state index in [2.05, 4.69) is 61.2 Å². The summed E-state index contributed by atoms with van der Waals surface area (Å²) in [6.45, 7) is 20.7. The summed E-state index contributed by atoms with van der Waals surface area (Å²) in [6, 6.07) is 0. The van der Waals surface area contributed by atoms with Crippen molar-refractivity contribution in [2.24, 2.45) is 17.8 Å². The van der Waals surface area contributed by atoms with Crippen molar-refractivity contribution in [2.75, 3.05) is 0 Å². The summed E-state index contributed by atoms with van der Waals surface area (Å²) in [5.41, 5.74) is 4.69. The van der Waals surface area contributed by atoms with Gasteiger partial charge < -0.3 is 4.43 Å². The molecule has 1 nitrogen and oxygen atoms in total. The first-order valence-electron chi connectivity index (χ1n) is 7.70. The predicted octanol–water partition coefficient (Wildman–Crippen LogP) is 5.76. The highest BCUT2D eigenvalue weighted by atomic mass is 28.4. The van der Waals surface area contributed by atoms with Crippen molar-refractivity contribution in [3.8, 4) is 0 Å². The molecule has 1 rings (SSSR count). The van der Waals surface area contributed by atoms with Gasteiger partial charge in [0.05, 0.1) is 5.76 Å². The Morgan fingerprint density at radius 2 is 1.26 bits per heavy atom. The zero-order valence-electron chi connectivity index (χ0n) is 14.3. The zero-order valence-corrected chi connectivity index (χ0v) is 15.3. The summed E-state index contributed by atoms with van der Waals surface area (Å²) >= 11 is 0. The highest BCUT2D eigenvalue weighted by molar-refractivity contribution is 6.70. The summed E-state index contributed by atoms with van der Waals surface area (Å²) in [6.07, 6.45) is 1.04. The Labute approximate surface area is 121 Å². The second kappa shape index (κ2) is 5.86. The van der Waals surface area contributed by atoms with Crippen molar-refractivity contribution in [1.82, 2.24) is 0 Å². The standard InChI is InChI=1S/C17H32OSi/c1-11(2)14-10-15(18-19(7,8)9)17(13(5)6)16(14)12(3)4/h11-13H,10H2,1-9H3. The third-order valence-electron chi connectivity index (χ3n) is 3.57. The van der Waals surface area contributed by atoms with Crippen LogP contribution in [0.3, 0.4) is 0 Å². The molecule has 0 fully saturated rings. The van der Waals surface area contributed by atoms with Gasteiger partial charge in [-0.15, -0.1) is 0 Å².